The molecule has 0 spiro atoms. The zero-order valence-corrected chi connectivity index (χ0v) is 16.8. The van der Waals surface area contributed by atoms with E-state index in [1.807, 2.05) is 25.1 Å². The van der Waals surface area contributed by atoms with Gasteiger partial charge in [0.15, 0.2) is 0 Å². The molecule has 0 saturated carbocycles. The third kappa shape index (κ3) is 4.42. The van der Waals surface area contributed by atoms with Gasteiger partial charge in [0.1, 0.15) is 10.7 Å². The standard InChI is InChI=1S/C21H25FN2O3S/c1-2-16-9-5-6-10-19(16)23-21(25)17-11-12-18(22)20(15-17)28(26,27)24-13-7-3-4-8-14-24/h5-6,9-12,15H,2-4,7-8,13-14H2,1H3,(H,23,25). The maximum absolute atomic E-state index is 14.4. The average molecular weight is 405 g/mol. The van der Waals surface area contributed by atoms with Gasteiger partial charge in [-0.2, -0.15) is 4.31 Å². The van der Waals surface area contributed by atoms with Gasteiger partial charge >= 0.3 is 0 Å². The molecule has 0 unspecified atom stereocenters. The zero-order valence-electron chi connectivity index (χ0n) is 15.9. The topological polar surface area (TPSA) is 66.5 Å². The van der Waals surface area contributed by atoms with E-state index in [1.165, 1.54) is 10.4 Å². The lowest BCUT2D eigenvalue weighted by atomic mass is 10.1. The summed E-state index contributed by atoms with van der Waals surface area (Å²) < 4.78 is 41.6. The molecule has 1 amide bonds. The van der Waals surface area contributed by atoms with Crippen molar-refractivity contribution < 1.29 is 17.6 Å². The number of anilines is 1. The van der Waals surface area contributed by atoms with Crippen molar-refractivity contribution in [3.63, 3.8) is 0 Å². The second-order valence-electron chi connectivity index (χ2n) is 6.93. The minimum atomic E-state index is -3.98. The average Bonchev–Trinajstić information content (AvgIpc) is 2.98. The summed E-state index contributed by atoms with van der Waals surface area (Å²) >= 11 is 0. The third-order valence-corrected chi connectivity index (χ3v) is 6.94. The van der Waals surface area contributed by atoms with Crippen LogP contribution in [0.2, 0.25) is 0 Å². The van der Waals surface area contributed by atoms with Crippen LogP contribution in [0, 0.1) is 5.82 Å². The molecule has 0 atom stereocenters. The highest BCUT2D eigenvalue weighted by Gasteiger charge is 2.29. The number of hydrogen-bond acceptors (Lipinski definition) is 3. The molecular weight excluding hydrogens is 379 g/mol. The minimum Gasteiger partial charge on any atom is -0.322 e. The molecule has 0 aliphatic carbocycles. The Kier molecular flexibility index (Phi) is 6.46. The normalized spacial score (nSPS) is 15.8. The van der Waals surface area contributed by atoms with Gasteiger partial charge in [0, 0.05) is 24.3 Å². The minimum absolute atomic E-state index is 0.112. The van der Waals surface area contributed by atoms with Gasteiger partial charge in [-0.15, -0.1) is 0 Å². The second kappa shape index (κ2) is 8.84. The highest BCUT2D eigenvalue weighted by Crippen LogP contribution is 2.24. The van der Waals surface area contributed by atoms with Crippen LogP contribution in [0.3, 0.4) is 0 Å². The fourth-order valence-corrected chi connectivity index (χ4v) is 5.02. The summed E-state index contributed by atoms with van der Waals surface area (Å²) in [5.41, 5.74) is 1.74. The van der Waals surface area contributed by atoms with E-state index >= 15 is 0 Å². The molecule has 1 aliphatic rings. The first-order valence-corrected chi connectivity index (χ1v) is 11.1. The lowest BCUT2D eigenvalue weighted by Gasteiger charge is -2.20. The van der Waals surface area contributed by atoms with Crippen LogP contribution in [0.1, 0.15) is 48.5 Å². The lowest BCUT2D eigenvalue weighted by Crippen LogP contribution is -2.32. The highest BCUT2D eigenvalue weighted by atomic mass is 32.2. The Labute approximate surface area is 165 Å². The van der Waals surface area contributed by atoms with Gasteiger partial charge in [0.25, 0.3) is 5.91 Å². The highest BCUT2D eigenvalue weighted by molar-refractivity contribution is 7.89. The molecule has 1 heterocycles. The molecule has 7 heteroatoms. The molecule has 0 radical (unpaired) electrons. The first kappa shape index (κ1) is 20.5. The largest absolute Gasteiger partial charge is 0.322 e. The number of carbonyl (C=O) groups is 1. The Bertz CT molecular complexity index is 952. The van der Waals surface area contributed by atoms with Crippen LogP contribution >= 0.6 is 0 Å². The number of rotatable bonds is 5. The molecule has 2 aromatic rings. The van der Waals surface area contributed by atoms with Gasteiger partial charge in [-0.3, -0.25) is 4.79 Å². The van der Waals surface area contributed by atoms with Crippen molar-refractivity contribution >= 4 is 21.6 Å². The van der Waals surface area contributed by atoms with Gasteiger partial charge in [0.2, 0.25) is 10.0 Å². The number of sulfonamides is 1. The van der Waals surface area contributed by atoms with Crippen LogP contribution in [-0.4, -0.2) is 31.7 Å². The summed E-state index contributed by atoms with van der Waals surface area (Å²) in [7, 11) is -3.98. The molecule has 150 valence electrons. The van der Waals surface area contributed by atoms with Crippen molar-refractivity contribution in [2.45, 2.75) is 43.9 Å². The number of amides is 1. The quantitative estimate of drug-likeness (QED) is 0.812. The molecule has 1 fully saturated rings. The fourth-order valence-electron chi connectivity index (χ4n) is 3.41. The number of aryl methyl sites for hydroxylation is 1. The number of halogens is 1. The van der Waals surface area contributed by atoms with Crippen LogP contribution in [0.5, 0.6) is 0 Å². The second-order valence-corrected chi connectivity index (χ2v) is 8.83. The van der Waals surface area contributed by atoms with Gasteiger partial charge in [-0.1, -0.05) is 38.0 Å². The van der Waals surface area contributed by atoms with Crippen molar-refractivity contribution in [1.29, 1.82) is 0 Å². The van der Waals surface area contributed by atoms with E-state index in [-0.39, 0.29) is 5.56 Å². The van der Waals surface area contributed by atoms with E-state index in [1.54, 1.807) is 6.07 Å². The molecule has 3 rings (SSSR count). The van der Waals surface area contributed by atoms with Gasteiger partial charge in [-0.05, 0) is 49.1 Å². The zero-order chi connectivity index (χ0) is 20.1. The number of benzene rings is 2. The Morgan fingerprint density at radius 3 is 2.43 bits per heavy atom. The van der Waals surface area contributed by atoms with E-state index in [0.29, 0.717) is 18.8 Å². The Morgan fingerprint density at radius 2 is 1.75 bits per heavy atom. The van der Waals surface area contributed by atoms with E-state index in [9.17, 15) is 17.6 Å². The van der Waals surface area contributed by atoms with Crippen molar-refractivity contribution in [2.24, 2.45) is 0 Å². The molecule has 1 N–H and O–H groups in total. The lowest BCUT2D eigenvalue weighted by molar-refractivity contribution is 0.102. The van der Waals surface area contributed by atoms with Crippen LogP contribution in [0.25, 0.3) is 0 Å². The molecular formula is C21H25FN2O3S. The van der Waals surface area contributed by atoms with Crippen molar-refractivity contribution in [1.82, 2.24) is 4.31 Å². The van der Waals surface area contributed by atoms with Crippen LogP contribution in [0.15, 0.2) is 47.4 Å². The van der Waals surface area contributed by atoms with Crippen LogP contribution in [-0.2, 0) is 16.4 Å². The van der Waals surface area contributed by atoms with Gasteiger partial charge in [0.05, 0.1) is 0 Å². The molecule has 1 saturated heterocycles. The number of carbonyl (C=O) groups excluding carboxylic acids is 1. The number of nitrogens with zero attached hydrogens (tertiary/aromatic N) is 1. The molecule has 28 heavy (non-hydrogen) atoms. The van der Waals surface area contributed by atoms with Gasteiger partial charge in [-0.25, -0.2) is 12.8 Å². The summed E-state index contributed by atoms with van der Waals surface area (Å²) in [4.78, 5) is 12.2. The molecule has 5 nitrogen and oxygen atoms in total. The maximum atomic E-state index is 14.4. The summed E-state index contributed by atoms with van der Waals surface area (Å²) in [6.45, 7) is 2.74. The number of para-hydroxylation sites is 1. The Balaban J connectivity index is 1.89. The van der Waals surface area contributed by atoms with Crippen LogP contribution in [0.4, 0.5) is 10.1 Å². The summed E-state index contributed by atoms with van der Waals surface area (Å²) in [5.74, 6) is -1.30. The van der Waals surface area contributed by atoms with Crippen molar-refractivity contribution in [3.8, 4) is 0 Å². The monoisotopic (exact) mass is 404 g/mol. The molecule has 1 aliphatic heterocycles. The maximum Gasteiger partial charge on any atom is 0.255 e. The summed E-state index contributed by atoms with van der Waals surface area (Å²) in [5, 5.41) is 2.80. The summed E-state index contributed by atoms with van der Waals surface area (Å²) in [6, 6.07) is 10.9. The fraction of sp³-hybridized carbons (Fsp3) is 0.381. The predicted molar refractivity (Wildman–Crippen MR) is 107 cm³/mol. The number of hydrogen-bond donors (Lipinski definition) is 1. The molecule has 0 bridgehead atoms. The first-order valence-electron chi connectivity index (χ1n) is 9.62. The predicted octanol–water partition coefficient (Wildman–Crippen LogP) is 4.21. The Hall–Kier alpha value is -2.25. The van der Waals surface area contributed by atoms with E-state index in [2.05, 4.69) is 5.32 Å². The first-order chi connectivity index (χ1) is 13.4. The van der Waals surface area contributed by atoms with Crippen LogP contribution < -0.4 is 5.32 Å². The summed E-state index contributed by atoms with van der Waals surface area (Å²) in [6.07, 6.45) is 4.19. The Morgan fingerprint density at radius 1 is 1.07 bits per heavy atom. The van der Waals surface area contributed by atoms with Crippen molar-refractivity contribution in [3.05, 3.63) is 59.4 Å². The number of nitrogens with one attached hydrogen (secondary N) is 1. The van der Waals surface area contributed by atoms with E-state index < -0.39 is 26.6 Å². The van der Waals surface area contributed by atoms with E-state index in [4.69, 9.17) is 0 Å². The van der Waals surface area contributed by atoms with Crippen molar-refractivity contribution in [2.75, 3.05) is 18.4 Å². The smallest absolute Gasteiger partial charge is 0.255 e. The third-order valence-electron chi connectivity index (χ3n) is 5.02. The molecule has 2 aromatic carbocycles. The van der Waals surface area contributed by atoms with Gasteiger partial charge < -0.3 is 5.32 Å². The van der Waals surface area contributed by atoms with E-state index in [0.717, 1.165) is 49.8 Å². The molecule has 0 aromatic heterocycles. The SMILES string of the molecule is CCc1ccccc1NC(=O)c1ccc(F)c(S(=O)(=O)N2CCCCCC2)c1.